The molecule has 0 N–H and O–H groups in total. The van der Waals surface area contributed by atoms with Gasteiger partial charge in [-0.3, -0.25) is 0 Å². The van der Waals surface area contributed by atoms with Crippen molar-refractivity contribution in [3.8, 4) is 0 Å². The van der Waals surface area contributed by atoms with Gasteiger partial charge in [0.05, 0.1) is 0 Å². The second kappa shape index (κ2) is 3.97. The quantitative estimate of drug-likeness (QED) is 0.680. The van der Waals surface area contributed by atoms with Gasteiger partial charge in [0.2, 0.25) is 0 Å². The molecule has 1 unspecified atom stereocenters. The number of rotatable bonds is 2. The fourth-order valence-corrected chi connectivity index (χ4v) is 3.22. The zero-order valence-electron chi connectivity index (χ0n) is 8.48. The Hall–Kier alpha value is 0.180. The molecule has 0 heterocycles. The standard InChI is InChI=1S/C12H14Br2/c1-7-6-11(13)8(2)5-10(7)12(14)9-3-4-9/h5-6,9,12H,3-4H2,1-2H3. The van der Waals surface area contributed by atoms with Crippen LogP contribution in [-0.2, 0) is 0 Å². The van der Waals surface area contributed by atoms with Gasteiger partial charge >= 0.3 is 0 Å². The Morgan fingerprint density at radius 2 is 1.86 bits per heavy atom. The minimum atomic E-state index is 0.564. The van der Waals surface area contributed by atoms with Crippen LogP contribution in [0, 0.1) is 19.8 Å². The normalized spacial score (nSPS) is 18.3. The van der Waals surface area contributed by atoms with Crippen LogP contribution in [-0.4, -0.2) is 0 Å². The van der Waals surface area contributed by atoms with Crippen molar-refractivity contribution in [2.45, 2.75) is 31.5 Å². The highest BCUT2D eigenvalue weighted by molar-refractivity contribution is 9.10. The van der Waals surface area contributed by atoms with Gasteiger partial charge in [-0.1, -0.05) is 37.9 Å². The summed E-state index contributed by atoms with van der Waals surface area (Å²) in [6.07, 6.45) is 2.76. The highest BCUT2D eigenvalue weighted by Crippen LogP contribution is 2.47. The molecule has 0 saturated heterocycles. The summed E-state index contributed by atoms with van der Waals surface area (Å²) in [6.45, 7) is 4.34. The lowest BCUT2D eigenvalue weighted by Crippen LogP contribution is -1.96. The highest BCUT2D eigenvalue weighted by Gasteiger charge is 2.31. The highest BCUT2D eigenvalue weighted by atomic mass is 79.9. The lowest BCUT2D eigenvalue weighted by atomic mass is 10.0. The molecule has 1 atom stereocenters. The van der Waals surface area contributed by atoms with E-state index in [1.165, 1.54) is 34.0 Å². The average Bonchev–Trinajstić information content (AvgIpc) is 2.93. The predicted molar refractivity (Wildman–Crippen MR) is 68.0 cm³/mol. The number of benzene rings is 1. The van der Waals surface area contributed by atoms with E-state index < -0.39 is 0 Å². The first kappa shape index (κ1) is 10.7. The molecular formula is C12H14Br2. The van der Waals surface area contributed by atoms with Crippen molar-refractivity contribution in [3.63, 3.8) is 0 Å². The monoisotopic (exact) mass is 316 g/mol. The van der Waals surface area contributed by atoms with Crippen molar-refractivity contribution in [1.82, 2.24) is 0 Å². The van der Waals surface area contributed by atoms with Crippen LogP contribution in [0.4, 0.5) is 0 Å². The summed E-state index contributed by atoms with van der Waals surface area (Å²) in [5, 5.41) is 0. The molecule has 0 nitrogen and oxygen atoms in total. The zero-order chi connectivity index (χ0) is 10.3. The predicted octanol–water partition coefficient (Wildman–Crippen LogP) is 4.91. The van der Waals surface area contributed by atoms with E-state index in [2.05, 4.69) is 57.8 Å². The third-order valence-corrected chi connectivity index (χ3v) is 4.98. The second-order valence-corrected chi connectivity index (χ2v) is 6.04. The maximum Gasteiger partial charge on any atom is 0.0426 e. The Balaban J connectivity index is 2.36. The van der Waals surface area contributed by atoms with Gasteiger partial charge in [-0.15, -0.1) is 0 Å². The van der Waals surface area contributed by atoms with E-state index in [9.17, 15) is 0 Å². The summed E-state index contributed by atoms with van der Waals surface area (Å²) >= 11 is 7.37. The second-order valence-electron chi connectivity index (χ2n) is 4.20. The molecule has 0 bridgehead atoms. The maximum atomic E-state index is 3.81. The zero-order valence-corrected chi connectivity index (χ0v) is 11.7. The van der Waals surface area contributed by atoms with Crippen LogP contribution in [0.15, 0.2) is 16.6 Å². The van der Waals surface area contributed by atoms with Crippen LogP contribution in [0.25, 0.3) is 0 Å². The third kappa shape index (κ3) is 2.06. The van der Waals surface area contributed by atoms with Crippen molar-refractivity contribution in [2.75, 3.05) is 0 Å². The fourth-order valence-electron chi connectivity index (χ4n) is 1.74. The number of hydrogen-bond donors (Lipinski definition) is 0. The van der Waals surface area contributed by atoms with Gasteiger partial charge in [-0.05, 0) is 55.4 Å². The summed E-state index contributed by atoms with van der Waals surface area (Å²) in [7, 11) is 0. The number of alkyl halides is 1. The molecule has 0 aliphatic heterocycles. The molecule has 2 heteroatoms. The number of halogens is 2. The van der Waals surface area contributed by atoms with Crippen molar-refractivity contribution in [3.05, 3.63) is 33.3 Å². The van der Waals surface area contributed by atoms with Crippen LogP contribution in [0.1, 0.15) is 34.4 Å². The maximum absolute atomic E-state index is 3.81. The average molecular weight is 318 g/mol. The largest absolute Gasteiger partial charge is 0.0836 e. The molecule has 14 heavy (non-hydrogen) atoms. The van der Waals surface area contributed by atoms with Crippen LogP contribution < -0.4 is 0 Å². The summed E-state index contributed by atoms with van der Waals surface area (Å²) < 4.78 is 1.22. The molecule has 1 saturated carbocycles. The Bertz CT molecular complexity index is 354. The number of hydrogen-bond acceptors (Lipinski definition) is 0. The Labute approximate surface area is 102 Å². The SMILES string of the molecule is Cc1cc(C(Br)C2CC2)c(C)cc1Br. The van der Waals surface area contributed by atoms with E-state index in [4.69, 9.17) is 0 Å². The van der Waals surface area contributed by atoms with Crippen LogP contribution in [0.3, 0.4) is 0 Å². The van der Waals surface area contributed by atoms with E-state index in [1.54, 1.807) is 0 Å². The van der Waals surface area contributed by atoms with Crippen molar-refractivity contribution >= 4 is 31.9 Å². The summed E-state index contributed by atoms with van der Waals surface area (Å²) in [6, 6.07) is 4.53. The lowest BCUT2D eigenvalue weighted by Gasteiger charge is -2.14. The molecule has 1 aliphatic rings. The summed E-state index contributed by atoms with van der Waals surface area (Å²) in [5.41, 5.74) is 4.18. The molecular weight excluding hydrogens is 304 g/mol. The molecule has 2 rings (SSSR count). The molecule has 0 radical (unpaired) electrons. The Morgan fingerprint density at radius 1 is 1.21 bits per heavy atom. The summed E-state index contributed by atoms with van der Waals surface area (Å²) in [4.78, 5) is 0.564. The van der Waals surface area contributed by atoms with Gasteiger partial charge in [0.1, 0.15) is 0 Å². The van der Waals surface area contributed by atoms with E-state index in [0.717, 1.165) is 5.92 Å². The Morgan fingerprint density at radius 3 is 2.43 bits per heavy atom. The molecule has 0 aromatic heterocycles. The van der Waals surface area contributed by atoms with Gasteiger partial charge in [-0.2, -0.15) is 0 Å². The van der Waals surface area contributed by atoms with E-state index in [-0.39, 0.29) is 0 Å². The first-order chi connectivity index (χ1) is 6.59. The van der Waals surface area contributed by atoms with E-state index in [0.29, 0.717) is 4.83 Å². The Kier molecular flexibility index (Phi) is 3.03. The van der Waals surface area contributed by atoms with Crippen LogP contribution in [0.5, 0.6) is 0 Å². The van der Waals surface area contributed by atoms with E-state index >= 15 is 0 Å². The molecule has 0 spiro atoms. The minimum Gasteiger partial charge on any atom is -0.0836 e. The first-order valence-corrected chi connectivity index (χ1v) is 6.71. The van der Waals surface area contributed by atoms with Crippen LogP contribution >= 0.6 is 31.9 Å². The molecule has 1 aliphatic carbocycles. The van der Waals surface area contributed by atoms with Gasteiger partial charge in [0.15, 0.2) is 0 Å². The third-order valence-electron chi connectivity index (χ3n) is 2.88. The smallest absolute Gasteiger partial charge is 0.0426 e. The lowest BCUT2D eigenvalue weighted by molar-refractivity contribution is 0.815. The first-order valence-electron chi connectivity index (χ1n) is 5.00. The van der Waals surface area contributed by atoms with E-state index in [1.807, 2.05) is 0 Å². The molecule has 1 fully saturated rings. The van der Waals surface area contributed by atoms with Gasteiger partial charge in [-0.25, -0.2) is 0 Å². The van der Waals surface area contributed by atoms with Gasteiger partial charge in [0.25, 0.3) is 0 Å². The van der Waals surface area contributed by atoms with Gasteiger partial charge in [0, 0.05) is 9.30 Å². The molecule has 1 aromatic carbocycles. The fraction of sp³-hybridized carbons (Fsp3) is 0.500. The van der Waals surface area contributed by atoms with Crippen molar-refractivity contribution < 1.29 is 0 Å². The molecule has 0 amide bonds. The molecule has 1 aromatic rings. The van der Waals surface area contributed by atoms with Gasteiger partial charge < -0.3 is 0 Å². The van der Waals surface area contributed by atoms with Crippen molar-refractivity contribution in [2.24, 2.45) is 5.92 Å². The topological polar surface area (TPSA) is 0 Å². The number of aryl methyl sites for hydroxylation is 2. The molecule has 76 valence electrons. The van der Waals surface area contributed by atoms with Crippen molar-refractivity contribution in [1.29, 1.82) is 0 Å². The summed E-state index contributed by atoms with van der Waals surface area (Å²) in [5.74, 6) is 0.870. The minimum absolute atomic E-state index is 0.564. The van der Waals surface area contributed by atoms with Crippen LogP contribution in [0.2, 0.25) is 0 Å².